The van der Waals surface area contributed by atoms with E-state index in [4.69, 9.17) is 10.5 Å². The Balaban J connectivity index is -0.000000224. The second-order valence-electron chi connectivity index (χ2n) is 3.08. The molecule has 0 aliphatic rings. The Morgan fingerprint density at radius 3 is 1.63 bits per heavy atom. The first kappa shape index (κ1) is 23.1. The topological polar surface area (TPSA) is 35.2 Å². The molecule has 0 amide bonds. The molecule has 2 nitrogen and oxygen atoms in total. The number of aryl methyl sites for hydroxylation is 1. The smallest absolute Gasteiger partial charge is 0.126 e. The zero-order valence-corrected chi connectivity index (χ0v) is 13.1. The van der Waals surface area contributed by atoms with Crippen molar-refractivity contribution in [3.63, 3.8) is 0 Å². The zero-order valence-electron chi connectivity index (χ0n) is 13.1. The van der Waals surface area contributed by atoms with Gasteiger partial charge in [-0.2, -0.15) is 0 Å². The second kappa shape index (κ2) is 19.3. The van der Waals surface area contributed by atoms with Gasteiger partial charge in [-0.05, 0) is 37.6 Å². The van der Waals surface area contributed by atoms with E-state index >= 15 is 0 Å². The molecule has 114 valence electrons. The highest BCUT2D eigenvalue weighted by Crippen LogP contribution is 2.05. The van der Waals surface area contributed by atoms with Crippen LogP contribution in [0.5, 0.6) is 0 Å². The minimum atomic E-state index is -0.521. The van der Waals surface area contributed by atoms with Crippen LogP contribution in [0.2, 0.25) is 0 Å². The summed E-state index contributed by atoms with van der Waals surface area (Å²) >= 11 is 0. The summed E-state index contributed by atoms with van der Waals surface area (Å²) < 4.78 is 29.1. The van der Waals surface area contributed by atoms with Crippen LogP contribution in [-0.4, -0.2) is 20.3 Å². The fraction of sp³-hybridized carbons (Fsp3) is 0.600. The van der Waals surface area contributed by atoms with E-state index in [0.717, 1.165) is 25.6 Å². The maximum atomic E-state index is 12.2. The number of hydrogen-bond donors (Lipinski definition) is 1. The molecule has 0 unspecified atom stereocenters. The number of nitrogens with two attached hydrogens (primary N) is 1. The summed E-state index contributed by atoms with van der Waals surface area (Å²) in [5.74, 6) is -1.04. The average Bonchev–Trinajstić information content (AvgIpc) is 2.40. The van der Waals surface area contributed by atoms with Crippen molar-refractivity contribution in [3.8, 4) is 0 Å². The molecule has 2 N–H and O–H groups in total. The van der Waals surface area contributed by atoms with Gasteiger partial charge in [-0.3, -0.25) is 0 Å². The SMILES string of the molecule is CC.CC.COCCCN.Cc1cc(F)cc(F)c1. The van der Waals surface area contributed by atoms with Gasteiger partial charge in [-0.15, -0.1) is 0 Å². The lowest BCUT2D eigenvalue weighted by atomic mass is 10.2. The third-order valence-electron chi connectivity index (χ3n) is 1.56. The molecule has 0 saturated heterocycles. The summed E-state index contributed by atoms with van der Waals surface area (Å²) in [6.07, 6.45) is 0.969. The van der Waals surface area contributed by atoms with Crippen LogP contribution in [0.3, 0.4) is 0 Å². The molecule has 0 aliphatic carbocycles. The molecule has 0 atom stereocenters. The van der Waals surface area contributed by atoms with E-state index in [0.29, 0.717) is 5.56 Å². The zero-order chi connectivity index (χ0) is 15.7. The van der Waals surface area contributed by atoms with E-state index in [-0.39, 0.29) is 0 Å². The maximum absolute atomic E-state index is 12.2. The van der Waals surface area contributed by atoms with Gasteiger partial charge >= 0.3 is 0 Å². The van der Waals surface area contributed by atoms with Crippen LogP contribution in [0.15, 0.2) is 18.2 Å². The van der Waals surface area contributed by atoms with Crippen molar-refractivity contribution in [1.82, 2.24) is 0 Å². The number of benzene rings is 1. The molecule has 0 aromatic heterocycles. The highest BCUT2D eigenvalue weighted by Gasteiger charge is 1.93. The lowest BCUT2D eigenvalue weighted by Gasteiger charge is -1.91. The normalized spacial score (nSPS) is 8.05. The molecule has 4 heteroatoms. The van der Waals surface area contributed by atoms with Crippen molar-refractivity contribution < 1.29 is 13.5 Å². The summed E-state index contributed by atoms with van der Waals surface area (Å²) in [7, 11) is 1.68. The number of rotatable bonds is 3. The van der Waals surface area contributed by atoms with Crippen molar-refractivity contribution in [2.24, 2.45) is 5.73 Å². The minimum absolute atomic E-state index is 0.521. The Labute approximate surface area is 117 Å². The summed E-state index contributed by atoms with van der Waals surface area (Å²) in [6.45, 7) is 11.2. The summed E-state index contributed by atoms with van der Waals surface area (Å²) in [5, 5.41) is 0. The van der Waals surface area contributed by atoms with Crippen molar-refractivity contribution in [2.75, 3.05) is 20.3 Å². The van der Waals surface area contributed by atoms with Gasteiger partial charge in [0.2, 0.25) is 0 Å². The van der Waals surface area contributed by atoms with E-state index in [2.05, 4.69) is 0 Å². The first-order valence-electron chi connectivity index (χ1n) is 6.72. The van der Waals surface area contributed by atoms with Crippen LogP contribution < -0.4 is 5.73 Å². The molecule has 0 radical (unpaired) electrons. The summed E-state index contributed by atoms with van der Waals surface area (Å²) in [4.78, 5) is 0. The molecule has 0 spiro atoms. The Morgan fingerprint density at radius 1 is 1.00 bits per heavy atom. The predicted octanol–water partition coefficient (Wildman–Crippen LogP) is 4.31. The molecule has 1 rings (SSSR count). The highest BCUT2D eigenvalue weighted by molar-refractivity contribution is 5.15. The largest absolute Gasteiger partial charge is 0.385 e. The lowest BCUT2D eigenvalue weighted by Crippen LogP contribution is -2.01. The Kier molecular flexibility index (Phi) is 23.5. The first-order valence-corrected chi connectivity index (χ1v) is 6.72. The van der Waals surface area contributed by atoms with Crippen LogP contribution in [0.25, 0.3) is 0 Å². The quantitative estimate of drug-likeness (QED) is 0.836. The standard InChI is InChI=1S/C7H6F2.C4H11NO.2C2H6/c1-5-2-6(8)4-7(9)3-5;1-6-4-2-3-5;2*1-2/h2-4H,1H3;2-5H2,1H3;2*1-2H3. The highest BCUT2D eigenvalue weighted by atomic mass is 19.1. The number of ether oxygens (including phenoxy) is 1. The van der Waals surface area contributed by atoms with Crippen LogP contribution in [0.1, 0.15) is 39.7 Å². The van der Waals surface area contributed by atoms with Crippen LogP contribution in [-0.2, 0) is 4.74 Å². The number of halogens is 2. The van der Waals surface area contributed by atoms with E-state index in [1.54, 1.807) is 14.0 Å². The number of hydrogen-bond acceptors (Lipinski definition) is 2. The van der Waals surface area contributed by atoms with Crippen molar-refractivity contribution in [2.45, 2.75) is 41.0 Å². The van der Waals surface area contributed by atoms with Gasteiger partial charge in [0, 0.05) is 19.8 Å². The lowest BCUT2D eigenvalue weighted by molar-refractivity contribution is 0.197. The van der Waals surface area contributed by atoms with Crippen molar-refractivity contribution >= 4 is 0 Å². The van der Waals surface area contributed by atoms with Crippen LogP contribution in [0, 0.1) is 18.6 Å². The van der Waals surface area contributed by atoms with Gasteiger partial charge in [0.15, 0.2) is 0 Å². The van der Waals surface area contributed by atoms with E-state index < -0.39 is 11.6 Å². The molecule has 0 fully saturated rings. The van der Waals surface area contributed by atoms with Gasteiger partial charge in [0.05, 0.1) is 0 Å². The fourth-order valence-corrected chi connectivity index (χ4v) is 0.919. The fourth-order valence-electron chi connectivity index (χ4n) is 0.919. The molecular formula is C15H29F2NO. The first-order chi connectivity index (χ1) is 9.10. The Hall–Kier alpha value is -1.00. The molecular weight excluding hydrogens is 248 g/mol. The molecule has 0 heterocycles. The van der Waals surface area contributed by atoms with E-state index in [1.807, 2.05) is 27.7 Å². The van der Waals surface area contributed by atoms with Gasteiger partial charge in [-0.25, -0.2) is 8.78 Å². The van der Waals surface area contributed by atoms with Gasteiger partial charge in [0.25, 0.3) is 0 Å². The van der Waals surface area contributed by atoms with E-state index in [9.17, 15) is 8.78 Å². The molecule has 0 aliphatic heterocycles. The average molecular weight is 277 g/mol. The van der Waals surface area contributed by atoms with Crippen molar-refractivity contribution in [1.29, 1.82) is 0 Å². The third kappa shape index (κ3) is 19.5. The number of methoxy groups -OCH3 is 1. The van der Waals surface area contributed by atoms with Crippen LogP contribution in [0.4, 0.5) is 8.78 Å². The third-order valence-corrected chi connectivity index (χ3v) is 1.56. The van der Waals surface area contributed by atoms with Gasteiger partial charge in [0.1, 0.15) is 11.6 Å². The molecule has 19 heavy (non-hydrogen) atoms. The van der Waals surface area contributed by atoms with Gasteiger partial charge < -0.3 is 10.5 Å². The Bertz CT molecular complexity index is 226. The molecule has 1 aromatic carbocycles. The van der Waals surface area contributed by atoms with E-state index in [1.165, 1.54) is 12.1 Å². The monoisotopic (exact) mass is 277 g/mol. The maximum Gasteiger partial charge on any atom is 0.126 e. The van der Waals surface area contributed by atoms with Gasteiger partial charge in [-0.1, -0.05) is 27.7 Å². The minimum Gasteiger partial charge on any atom is -0.385 e. The Morgan fingerprint density at radius 2 is 1.42 bits per heavy atom. The summed E-state index contributed by atoms with van der Waals surface area (Å²) in [5.41, 5.74) is 5.74. The van der Waals surface area contributed by atoms with Crippen LogP contribution >= 0.6 is 0 Å². The predicted molar refractivity (Wildman–Crippen MR) is 79.3 cm³/mol. The second-order valence-corrected chi connectivity index (χ2v) is 3.08. The molecule has 1 aromatic rings. The molecule has 0 bridgehead atoms. The molecule has 0 saturated carbocycles. The summed E-state index contributed by atoms with van der Waals surface area (Å²) in [6, 6.07) is 3.42. The van der Waals surface area contributed by atoms with Crippen molar-refractivity contribution in [3.05, 3.63) is 35.4 Å².